The first-order valence-corrected chi connectivity index (χ1v) is 20.4. The minimum atomic E-state index is -3.97. The fraction of sp³-hybridized carbons (Fsp3) is 0.283. The Hall–Kier alpha value is -4.94. The number of rotatable bonds is 16. The Kier molecular flexibility index (Phi) is 13.7. The van der Waals surface area contributed by atoms with Gasteiger partial charge in [-0.2, -0.15) is 4.72 Å². The zero-order valence-electron chi connectivity index (χ0n) is 32.2. The number of aliphatic hydroxyl groups is 1. The Morgan fingerprint density at radius 2 is 1.52 bits per heavy atom. The average molecular weight is 774 g/mol. The number of ether oxygens (including phenoxy) is 2. The number of nitrogens with zero attached hydrogens (tertiary/aromatic N) is 1. The van der Waals surface area contributed by atoms with Crippen LogP contribution in [0.3, 0.4) is 0 Å². The Labute approximate surface area is 331 Å². The molecular weight excluding hydrogens is 723 g/mol. The summed E-state index contributed by atoms with van der Waals surface area (Å²) in [5.41, 5.74) is 7.28. The maximum Gasteiger partial charge on any atom is 0.241 e. The molecule has 1 aliphatic rings. The molecule has 0 aromatic heterocycles. The predicted octanol–water partition coefficient (Wildman–Crippen LogP) is 7.27. The third-order valence-electron chi connectivity index (χ3n) is 10.2. The maximum absolute atomic E-state index is 13.8. The highest BCUT2D eigenvalue weighted by Gasteiger charge is 2.38. The molecule has 0 saturated carbocycles. The first kappa shape index (κ1) is 40.7. The molecule has 0 aliphatic carbocycles. The number of nitrogens with one attached hydrogen (secondary N) is 2. The molecule has 10 heteroatoms. The van der Waals surface area contributed by atoms with Gasteiger partial charge in [0.15, 0.2) is 6.29 Å². The van der Waals surface area contributed by atoms with Crippen molar-refractivity contribution in [3.8, 4) is 11.1 Å². The van der Waals surface area contributed by atoms with E-state index in [1.807, 2.05) is 116 Å². The first-order chi connectivity index (χ1) is 27.0. The SMILES string of the molecule is C=CCN(C)CC1OC(c2ccc(-c3ccccc3CNC(=O)C(Cc3ccccc3)NS(=O)(=O)c3ccc(C)cc3)cc2)OC(c2ccc(CO)cc2)C1C. The molecule has 1 fully saturated rings. The summed E-state index contributed by atoms with van der Waals surface area (Å²) in [6, 6.07) is 38.7. The van der Waals surface area contributed by atoms with E-state index in [9.17, 15) is 18.3 Å². The van der Waals surface area contributed by atoms with Gasteiger partial charge in [0.05, 0.1) is 23.7 Å². The van der Waals surface area contributed by atoms with Gasteiger partial charge in [-0.05, 0) is 65.9 Å². The lowest BCUT2D eigenvalue weighted by Crippen LogP contribution is -2.47. The van der Waals surface area contributed by atoms with Crippen molar-refractivity contribution < 1.29 is 27.8 Å². The van der Waals surface area contributed by atoms with Crippen LogP contribution >= 0.6 is 0 Å². The van der Waals surface area contributed by atoms with Crippen molar-refractivity contribution >= 4 is 15.9 Å². The standard InChI is InChI=1S/C46H51N3O6S/c1-5-27-49(4)30-43-33(3)44(37-19-17-35(31-50)18-20-37)55-46(54-43)38-23-21-36(22-24-38)41-14-10-9-13-39(41)29-47-45(51)42(28-34-11-7-6-8-12-34)48-56(52,53)40-25-15-32(2)16-26-40/h5-26,33,42-44,46,48,50H,1,27-31H2,2-4H3,(H,47,51). The van der Waals surface area contributed by atoms with Crippen LogP contribution in [0.4, 0.5) is 0 Å². The first-order valence-electron chi connectivity index (χ1n) is 18.9. The zero-order chi connectivity index (χ0) is 39.7. The van der Waals surface area contributed by atoms with Gasteiger partial charge in [0, 0.05) is 31.1 Å². The Balaban J connectivity index is 1.19. The van der Waals surface area contributed by atoms with E-state index >= 15 is 0 Å². The van der Waals surface area contributed by atoms with Crippen molar-refractivity contribution in [2.45, 2.75) is 62.9 Å². The van der Waals surface area contributed by atoms with Crippen LogP contribution in [0.25, 0.3) is 11.1 Å². The number of benzene rings is 5. The molecule has 0 spiro atoms. The number of sulfonamides is 1. The molecule has 292 valence electrons. The molecular formula is C46H51N3O6S. The summed E-state index contributed by atoms with van der Waals surface area (Å²) in [5, 5.41) is 12.6. The molecule has 9 nitrogen and oxygen atoms in total. The van der Waals surface area contributed by atoms with Crippen molar-refractivity contribution in [2.24, 2.45) is 5.92 Å². The fourth-order valence-electron chi connectivity index (χ4n) is 7.02. The second kappa shape index (κ2) is 18.8. The smallest absolute Gasteiger partial charge is 0.241 e. The lowest BCUT2D eigenvalue weighted by molar-refractivity contribution is -0.275. The summed E-state index contributed by atoms with van der Waals surface area (Å²) in [4.78, 5) is 16.1. The van der Waals surface area contributed by atoms with Gasteiger partial charge in [0.1, 0.15) is 6.04 Å². The summed E-state index contributed by atoms with van der Waals surface area (Å²) in [7, 11) is -1.92. The fourth-order valence-corrected chi connectivity index (χ4v) is 8.22. The van der Waals surface area contributed by atoms with Gasteiger partial charge < -0.3 is 24.8 Å². The van der Waals surface area contributed by atoms with Crippen LogP contribution in [0.15, 0.2) is 145 Å². The number of carbonyl (C=O) groups excluding carboxylic acids is 1. The number of likely N-dealkylation sites (N-methyl/N-ethyl adjacent to an activating group) is 1. The predicted molar refractivity (Wildman–Crippen MR) is 220 cm³/mol. The largest absolute Gasteiger partial charge is 0.392 e. The number of hydrogen-bond acceptors (Lipinski definition) is 7. The molecule has 3 N–H and O–H groups in total. The average Bonchev–Trinajstić information content (AvgIpc) is 3.21. The molecule has 5 atom stereocenters. The number of hydrogen-bond donors (Lipinski definition) is 3. The van der Waals surface area contributed by atoms with Gasteiger partial charge in [-0.25, -0.2) is 8.42 Å². The second-order valence-electron chi connectivity index (χ2n) is 14.5. The van der Waals surface area contributed by atoms with Crippen molar-refractivity contribution in [1.29, 1.82) is 0 Å². The summed E-state index contributed by atoms with van der Waals surface area (Å²) < 4.78 is 42.8. The lowest BCUT2D eigenvalue weighted by Gasteiger charge is -2.42. The van der Waals surface area contributed by atoms with Crippen LogP contribution in [0.5, 0.6) is 0 Å². The highest BCUT2D eigenvalue weighted by atomic mass is 32.2. The van der Waals surface area contributed by atoms with Gasteiger partial charge in [-0.3, -0.25) is 4.79 Å². The van der Waals surface area contributed by atoms with Crippen LogP contribution < -0.4 is 10.0 Å². The third-order valence-corrected chi connectivity index (χ3v) is 11.7. The van der Waals surface area contributed by atoms with E-state index in [1.165, 1.54) is 0 Å². The monoisotopic (exact) mass is 773 g/mol. The molecule has 5 aromatic carbocycles. The van der Waals surface area contributed by atoms with E-state index < -0.39 is 28.3 Å². The molecule has 1 saturated heterocycles. The van der Waals surface area contributed by atoms with Crippen LogP contribution in [0.1, 0.15) is 52.7 Å². The van der Waals surface area contributed by atoms with E-state index in [-0.39, 0.29) is 42.6 Å². The Morgan fingerprint density at radius 1 is 0.857 bits per heavy atom. The third kappa shape index (κ3) is 10.3. The van der Waals surface area contributed by atoms with Gasteiger partial charge >= 0.3 is 0 Å². The molecule has 0 radical (unpaired) electrons. The molecule has 1 heterocycles. The highest BCUT2D eigenvalue weighted by Crippen LogP contribution is 2.42. The summed E-state index contributed by atoms with van der Waals surface area (Å²) in [6.07, 6.45) is 1.12. The number of aryl methyl sites for hydroxylation is 1. The maximum atomic E-state index is 13.8. The zero-order valence-corrected chi connectivity index (χ0v) is 33.0. The molecule has 6 rings (SSSR count). The van der Waals surface area contributed by atoms with Crippen molar-refractivity contribution in [1.82, 2.24) is 14.9 Å². The number of aliphatic hydroxyl groups excluding tert-OH is 1. The minimum absolute atomic E-state index is 0.0191. The van der Waals surface area contributed by atoms with E-state index in [0.717, 1.165) is 51.1 Å². The minimum Gasteiger partial charge on any atom is -0.392 e. The molecule has 5 unspecified atom stereocenters. The van der Waals surface area contributed by atoms with Gasteiger partial charge in [-0.15, -0.1) is 6.58 Å². The molecule has 0 bridgehead atoms. The van der Waals surface area contributed by atoms with Crippen LogP contribution in [0, 0.1) is 12.8 Å². The van der Waals surface area contributed by atoms with Crippen LogP contribution in [-0.4, -0.2) is 56.6 Å². The molecule has 56 heavy (non-hydrogen) atoms. The highest BCUT2D eigenvalue weighted by molar-refractivity contribution is 7.89. The molecule has 5 aromatic rings. The second-order valence-corrected chi connectivity index (χ2v) is 16.2. The molecule has 1 amide bonds. The van der Waals surface area contributed by atoms with Gasteiger partial charge in [0.2, 0.25) is 15.9 Å². The van der Waals surface area contributed by atoms with E-state index in [2.05, 4.69) is 35.5 Å². The quantitative estimate of drug-likeness (QED) is 0.0904. The van der Waals surface area contributed by atoms with E-state index in [0.29, 0.717) is 6.54 Å². The van der Waals surface area contributed by atoms with Crippen molar-refractivity contribution in [3.63, 3.8) is 0 Å². The molecule has 1 aliphatic heterocycles. The van der Waals surface area contributed by atoms with Gasteiger partial charge in [0.25, 0.3) is 0 Å². The number of carbonyl (C=O) groups is 1. The summed E-state index contributed by atoms with van der Waals surface area (Å²) in [6.45, 7) is 9.54. The summed E-state index contributed by atoms with van der Waals surface area (Å²) >= 11 is 0. The topological polar surface area (TPSA) is 117 Å². The Bertz CT molecular complexity index is 2160. The van der Waals surface area contributed by atoms with Gasteiger partial charge in [-0.1, -0.05) is 134 Å². The lowest BCUT2D eigenvalue weighted by atomic mass is 9.90. The normalized spacial score (nSPS) is 19.0. The van der Waals surface area contributed by atoms with Crippen molar-refractivity contribution in [2.75, 3.05) is 20.1 Å². The summed E-state index contributed by atoms with van der Waals surface area (Å²) in [5.74, 6) is -0.366. The Morgan fingerprint density at radius 3 is 2.20 bits per heavy atom. The van der Waals surface area contributed by atoms with E-state index in [4.69, 9.17) is 9.47 Å². The number of amides is 1. The van der Waals surface area contributed by atoms with Crippen LogP contribution in [0.2, 0.25) is 0 Å². The van der Waals surface area contributed by atoms with E-state index in [1.54, 1.807) is 24.3 Å². The van der Waals surface area contributed by atoms with Crippen LogP contribution in [-0.2, 0) is 43.9 Å². The van der Waals surface area contributed by atoms with Crippen molar-refractivity contribution in [3.05, 3.63) is 173 Å².